The van der Waals surface area contributed by atoms with Gasteiger partial charge in [-0.3, -0.25) is 0 Å². The number of rotatable bonds is 4. The van der Waals surface area contributed by atoms with E-state index in [1.54, 1.807) is 0 Å². The fourth-order valence-electron chi connectivity index (χ4n) is 8.07. The third-order valence-corrected chi connectivity index (χ3v) is 10.7. The van der Waals surface area contributed by atoms with Crippen molar-refractivity contribution in [1.29, 1.82) is 0 Å². The maximum atomic E-state index is 5.09. The van der Waals surface area contributed by atoms with E-state index in [0.717, 1.165) is 33.2 Å². The number of benzene rings is 6. The summed E-state index contributed by atoms with van der Waals surface area (Å²) in [5.74, 6) is 1.99. The van der Waals surface area contributed by atoms with E-state index in [9.17, 15) is 0 Å². The van der Waals surface area contributed by atoms with Crippen molar-refractivity contribution in [2.45, 2.75) is 51.4 Å². The van der Waals surface area contributed by atoms with Gasteiger partial charge in [0.1, 0.15) is 0 Å². The van der Waals surface area contributed by atoms with Crippen molar-refractivity contribution in [2.75, 3.05) is 0 Å². The van der Waals surface area contributed by atoms with Crippen LogP contribution in [-0.2, 0) is 10.8 Å². The Morgan fingerprint density at radius 1 is 0.469 bits per heavy atom. The lowest BCUT2D eigenvalue weighted by atomic mass is 9.62. The maximum Gasteiger partial charge on any atom is 0.164 e. The van der Waals surface area contributed by atoms with Crippen molar-refractivity contribution in [3.63, 3.8) is 0 Å². The molecule has 0 N–H and O–H groups in total. The molecule has 9 rings (SSSR count). The molecular formula is C45H38N4. The van der Waals surface area contributed by atoms with Crippen LogP contribution < -0.4 is 0 Å². The zero-order chi connectivity index (χ0) is 33.3. The zero-order valence-electron chi connectivity index (χ0n) is 28.4. The molecule has 4 nitrogen and oxygen atoms in total. The average Bonchev–Trinajstić information content (AvgIpc) is 3.47. The molecule has 1 aliphatic rings. The Hall–Kier alpha value is -5.61. The molecule has 8 aromatic rings. The first-order valence-corrected chi connectivity index (χ1v) is 17.3. The molecule has 0 spiro atoms. The molecule has 2 heterocycles. The van der Waals surface area contributed by atoms with Gasteiger partial charge >= 0.3 is 0 Å². The molecule has 0 bridgehead atoms. The number of nitrogens with zero attached hydrogens (tertiary/aromatic N) is 4. The summed E-state index contributed by atoms with van der Waals surface area (Å²) in [7, 11) is 0. The molecule has 0 aliphatic heterocycles. The van der Waals surface area contributed by atoms with Crippen molar-refractivity contribution in [1.82, 2.24) is 19.5 Å². The van der Waals surface area contributed by atoms with Gasteiger partial charge in [0.25, 0.3) is 0 Å². The summed E-state index contributed by atoms with van der Waals surface area (Å²) in [6, 6.07) is 47.2. The second kappa shape index (κ2) is 11.0. The Morgan fingerprint density at radius 3 is 1.69 bits per heavy atom. The van der Waals surface area contributed by atoms with E-state index < -0.39 is 0 Å². The lowest BCUT2D eigenvalue weighted by molar-refractivity contribution is 0.334. The molecule has 1 aliphatic carbocycles. The van der Waals surface area contributed by atoms with Crippen LogP contribution >= 0.6 is 0 Å². The first-order chi connectivity index (χ1) is 23.8. The van der Waals surface area contributed by atoms with Gasteiger partial charge in [-0.05, 0) is 64.5 Å². The highest BCUT2D eigenvalue weighted by Gasteiger charge is 2.39. The van der Waals surface area contributed by atoms with E-state index in [4.69, 9.17) is 15.0 Å². The van der Waals surface area contributed by atoms with E-state index in [1.807, 2.05) is 36.4 Å². The molecule has 0 fully saturated rings. The zero-order valence-corrected chi connectivity index (χ0v) is 28.4. The van der Waals surface area contributed by atoms with Gasteiger partial charge in [-0.2, -0.15) is 0 Å². The minimum atomic E-state index is 0.0802. The topological polar surface area (TPSA) is 43.6 Å². The number of fused-ring (bicyclic) bond motifs is 6. The van der Waals surface area contributed by atoms with Gasteiger partial charge in [-0.1, -0.05) is 137 Å². The summed E-state index contributed by atoms with van der Waals surface area (Å²) in [5, 5.41) is 4.96. The van der Waals surface area contributed by atoms with Crippen LogP contribution in [0.15, 0.2) is 133 Å². The van der Waals surface area contributed by atoms with Crippen LogP contribution in [-0.4, -0.2) is 19.5 Å². The molecule has 0 unspecified atom stereocenters. The number of aromatic nitrogens is 4. The summed E-state index contributed by atoms with van der Waals surface area (Å²) < 4.78 is 2.48. The lowest BCUT2D eigenvalue weighted by Crippen LogP contribution is -2.34. The van der Waals surface area contributed by atoms with Gasteiger partial charge in [0.2, 0.25) is 0 Å². The number of hydrogen-bond donors (Lipinski definition) is 0. The second-order valence-electron chi connectivity index (χ2n) is 14.7. The minimum Gasteiger partial charge on any atom is -0.309 e. The predicted molar refractivity (Wildman–Crippen MR) is 203 cm³/mol. The third-order valence-electron chi connectivity index (χ3n) is 10.7. The maximum absolute atomic E-state index is 5.09. The lowest BCUT2D eigenvalue weighted by Gasteiger charge is -2.42. The van der Waals surface area contributed by atoms with E-state index in [1.165, 1.54) is 45.8 Å². The Balaban J connectivity index is 1.31. The van der Waals surface area contributed by atoms with E-state index in [2.05, 4.69) is 129 Å². The average molecular weight is 635 g/mol. The summed E-state index contributed by atoms with van der Waals surface area (Å²) in [4.78, 5) is 15.1. The molecule has 49 heavy (non-hydrogen) atoms. The first kappa shape index (κ1) is 29.5. The van der Waals surface area contributed by atoms with E-state index in [0.29, 0.717) is 17.5 Å². The highest BCUT2D eigenvalue weighted by molar-refractivity contribution is 6.13. The molecular weight excluding hydrogens is 597 g/mol. The van der Waals surface area contributed by atoms with Gasteiger partial charge < -0.3 is 4.57 Å². The van der Waals surface area contributed by atoms with Crippen molar-refractivity contribution < 1.29 is 0 Å². The fourth-order valence-corrected chi connectivity index (χ4v) is 8.07. The van der Waals surface area contributed by atoms with Gasteiger partial charge in [-0.25, -0.2) is 15.0 Å². The van der Waals surface area contributed by atoms with Gasteiger partial charge in [0, 0.05) is 32.8 Å². The van der Waals surface area contributed by atoms with Crippen molar-refractivity contribution in [3.8, 4) is 39.9 Å². The fraction of sp³-hybridized carbons (Fsp3) is 0.178. The Labute approximate surface area is 287 Å². The smallest absolute Gasteiger partial charge is 0.164 e. The normalized spacial score (nSPS) is 15.1. The van der Waals surface area contributed by atoms with Gasteiger partial charge in [-0.15, -0.1) is 0 Å². The Morgan fingerprint density at radius 2 is 1.02 bits per heavy atom. The molecule has 0 saturated carbocycles. The first-order valence-electron chi connectivity index (χ1n) is 17.3. The summed E-state index contributed by atoms with van der Waals surface area (Å²) in [6.45, 7) is 9.68. The van der Waals surface area contributed by atoms with Crippen LogP contribution in [0.1, 0.15) is 51.7 Å². The monoisotopic (exact) mass is 634 g/mol. The molecule has 4 heteroatoms. The van der Waals surface area contributed by atoms with Gasteiger partial charge in [0.05, 0.1) is 16.7 Å². The molecule has 0 saturated heterocycles. The highest BCUT2D eigenvalue weighted by atomic mass is 15.0. The summed E-state index contributed by atoms with van der Waals surface area (Å²) in [6.07, 6.45) is 2.36. The van der Waals surface area contributed by atoms with Crippen LogP contribution in [0, 0.1) is 0 Å². The van der Waals surface area contributed by atoms with E-state index in [-0.39, 0.29) is 10.8 Å². The van der Waals surface area contributed by atoms with Crippen molar-refractivity contribution in [3.05, 3.63) is 145 Å². The molecule has 6 aromatic carbocycles. The molecule has 0 atom stereocenters. The number of para-hydroxylation sites is 1. The summed E-state index contributed by atoms with van der Waals surface area (Å²) in [5.41, 5.74) is 9.74. The predicted octanol–water partition coefficient (Wildman–Crippen LogP) is 11.5. The van der Waals surface area contributed by atoms with Gasteiger partial charge in [0.15, 0.2) is 17.5 Å². The Bertz CT molecular complexity index is 2480. The Kier molecular flexibility index (Phi) is 6.61. The third kappa shape index (κ3) is 4.69. The van der Waals surface area contributed by atoms with Crippen LogP contribution in [0.3, 0.4) is 0 Å². The largest absolute Gasteiger partial charge is 0.309 e. The standard InChI is InChI=1S/C45H38N4/c1-44(2)27-28-45(3,4)40-35(44)24-26-38-39(40)34-21-13-14-22-36(34)49(38)37-25-23-33(31-19-11-12-20-32(31)37)43-47-41(29-15-7-5-8-16-29)46-42(48-43)30-17-9-6-10-18-30/h5-26H,27-28H2,1-4H3. The minimum absolute atomic E-state index is 0.0802. The van der Waals surface area contributed by atoms with Crippen LogP contribution in [0.2, 0.25) is 0 Å². The molecule has 2 aromatic heterocycles. The van der Waals surface area contributed by atoms with Crippen LogP contribution in [0.4, 0.5) is 0 Å². The molecule has 238 valence electrons. The van der Waals surface area contributed by atoms with Crippen LogP contribution in [0.25, 0.3) is 72.4 Å². The second-order valence-corrected chi connectivity index (χ2v) is 14.7. The SMILES string of the molecule is CC1(C)CCC(C)(C)c2c1ccc1c2c2ccccc2n1-c1ccc(-c2nc(-c3ccccc3)nc(-c3ccccc3)n2)c2ccccc12. The molecule has 0 radical (unpaired) electrons. The van der Waals surface area contributed by atoms with E-state index >= 15 is 0 Å². The van der Waals surface area contributed by atoms with Crippen LogP contribution in [0.5, 0.6) is 0 Å². The van der Waals surface area contributed by atoms with Crippen molar-refractivity contribution in [2.24, 2.45) is 0 Å². The van der Waals surface area contributed by atoms with Crippen molar-refractivity contribution >= 4 is 32.6 Å². The summed E-state index contributed by atoms with van der Waals surface area (Å²) >= 11 is 0. The molecule has 0 amide bonds. The highest BCUT2D eigenvalue weighted by Crippen LogP contribution is 2.51. The quantitative estimate of drug-likeness (QED) is 0.193. The number of hydrogen-bond acceptors (Lipinski definition) is 3.